The highest BCUT2D eigenvalue weighted by Gasteiger charge is 2.53. The Bertz CT molecular complexity index is 4940. The Morgan fingerprint density at radius 1 is 0.167 bits per heavy atom. The highest BCUT2D eigenvalue weighted by Crippen LogP contribution is 2.58. The van der Waals surface area contributed by atoms with Crippen LogP contribution >= 0.6 is 0 Å². The van der Waals surface area contributed by atoms with Crippen molar-refractivity contribution in [1.82, 2.24) is 0 Å². The fourth-order valence-corrected chi connectivity index (χ4v) is 24.3. The first kappa shape index (κ1) is 49.7. The van der Waals surface area contributed by atoms with E-state index in [2.05, 4.69) is 345 Å². The fourth-order valence-electron chi connectivity index (χ4n) is 16.3. The molecule has 20 rings (SSSR count). The van der Waals surface area contributed by atoms with Crippen LogP contribution in [0.1, 0.15) is 0 Å². The predicted molar refractivity (Wildman–Crippen MR) is 382 cm³/mol. The maximum absolute atomic E-state index is 2.68. The first-order valence-corrected chi connectivity index (χ1v) is 34.7. The molecule has 2 atom stereocenters. The summed E-state index contributed by atoms with van der Waals surface area (Å²) in [5, 5.41) is 11.1. The Balaban J connectivity index is 0.992. The largest absolute Gasteiger partial charge is 0.311 e. The van der Waals surface area contributed by atoms with E-state index in [1.807, 2.05) is 0 Å². The van der Waals surface area contributed by atoms with Gasteiger partial charge in [-0.25, -0.2) is 0 Å². The number of rotatable bonds is 8. The molecule has 0 aliphatic carbocycles. The zero-order valence-corrected chi connectivity index (χ0v) is 51.2. The van der Waals surface area contributed by atoms with Gasteiger partial charge in [0.25, 0.3) is 0 Å². The Morgan fingerprint density at radius 2 is 0.389 bits per heavy atom. The molecule has 0 amide bonds. The van der Waals surface area contributed by atoms with Crippen molar-refractivity contribution in [2.75, 3.05) is 29.4 Å². The lowest BCUT2D eigenvalue weighted by atomic mass is 9.95. The van der Waals surface area contributed by atoms with E-state index in [-0.39, 0.29) is 0 Å². The Labute approximate surface area is 525 Å². The van der Waals surface area contributed by atoms with E-state index in [9.17, 15) is 0 Å². The number of hydrogen-bond acceptors (Lipinski definition) is 6. The van der Waals surface area contributed by atoms with E-state index >= 15 is 0 Å². The average molecular weight is 1180 g/mol. The van der Waals surface area contributed by atoms with Gasteiger partial charge >= 0.3 is 0 Å². The van der Waals surface area contributed by atoms with Crippen molar-refractivity contribution in [2.45, 2.75) is 0 Å². The van der Waals surface area contributed by atoms with Crippen molar-refractivity contribution in [3.05, 3.63) is 315 Å². The molecule has 6 aliphatic rings. The van der Waals surface area contributed by atoms with Crippen LogP contribution in [0, 0.1) is 0 Å². The molecule has 6 heterocycles. The van der Waals surface area contributed by atoms with Crippen LogP contribution in [-0.2, 0) is 0 Å². The molecule has 0 aromatic heterocycles. The van der Waals surface area contributed by atoms with Crippen LogP contribution in [0.4, 0.5) is 102 Å². The van der Waals surface area contributed by atoms with E-state index in [1.165, 1.54) is 132 Å². The third-order valence-electron chi connectivity index (χ3n) is 19.7. The molecule has 8 heteroatoms. The molecule has 0 saturated carbocycles. The van der Waals surface area contributed by atoms with Gasteiger partial charge in [0.1, 0.15) is 17.6 Å². The molecule has 0 N–H and O–H groups in total. The van der Waals surface area contributed by atoms with Crippen molar-refractivity contribution in [1.29, 1.82) is 0 Å². The average Bonchev–Trinajstić information content (AvgIpc) is 0.680. The summed E-state index contributed by atoms with van der Waals surface area (Å²) < 4.78 is 0. The van der Waals surface area contributed by atoms with Crippen molar-refractivity contribution >= 4 is 162 Å². The van der Waals surface area contributed by atoms with Crippen LogP contribution < -0.4 is 60.5 Å². The molecule has 90 heavy (non-hydrogen) atoms. The van der Waals surface area contributed by atoms with E-state index in [1.54, 1.807) is 0 Å². The molecule has 0 fully saturated rings. The maximum Gasteiger partial charge on any atom is 0.149 e. The highest BCUT2D eigenvalue weighted by molar-refractivity contribution is 7.04. The van der Waals surface area contributed by atoms with Gasteiger partial charge in [-0.2, -0.15) is 0 Å². The summed E-state index contributed by atoms with van der Waals surface area (Å²) in [7, 11) is -4.94. The third kappa shape index (κ3) is 6.86. The van der Waals surface area contributed by atoms with Crippen molar-refractivity contribution in [2.24, 2.45) is 0 Å². The van der Waals surface area contributed by atoms with Gasteiger partial charge in [0.05, 0.1) is 11.4 Å². The minimum atomic E-state index is -2.47. The van der Waals surface area contributed by atoms with E-state index < -0.39 is 17.6 Å². The second-order valence-corrected chi connectivity index (χ2v) is 29.5. The topological polar surface area (TPSA) is 19.4 Å². The van der Waals surface area contributed by atoms with Gasteiger partial charge in [-0.3, -0.25) is 0 Å². The Morgan fingerprint density at radius 3 is 0.678 bits per heavy atom. The van der Waals surface area contributed by atoms with Gasteiger partial charge in [0.15, 0.2) is 0 Å². The molecule has 14 aromatic rings. The summed E-state index contributed by atoms with van der Waals surface area (Å²) in [6.07, 6.45) is 0. The number of fused-ring (bicyclic) bond motifs is 3. The quantitative estimate of drug-likeness (QED) is 0.140. The van der Waals surface area contributed by atoms with Gasteiger partial charge in [-0.05, 0) is 187 Å². The Kier molecular flexibility index (Phi) is 10.5. The van der Waals surface area contributed by atoms with Crippen LogP contribution in [0.25, 0.3) is 33.0 Å². The zero-order chi connectivity index (χ0) is 58.7. The predicted octanol–water partition coefficient (Wildman–Crippen LogP) is 17.4. The molecular weight excluding hydrogens is 1130 g/mol. The Hall–Kier alpha value is -11.4. The second-order valence-electron chi connectivity index (χ2n) is 24.3. The summed E-state index contributed by atoms with van der Waals surface area (Å²) >= 11 is 0. The highest BCUT2D eigenvalue weighted by atomic mass is 28.3. The molecule has 6 aliphatic heterocycles. The van der Waals surface area contributed by atoms with Gasteiger partial charge in [-0.15, -0.1) is 0 Å². The third-order valence-corrected chi connectivity index (χ3v) is 26.7. The number of para-hydroxylation sites is 6. The first-order valence-electron chi connectivity index (χ1n) is 31.2. The summed E-state index contributed by atoms with van der Waals surface area (Å²) in [6, 6.07) is 119. The first-order chi connectivity index (χ1) is 44.7. The van der Waals surface area contributed by atoms with Gasteiger partial charge in [0, 0.05) is 102 Å². The summed E-state index contributed by atoms with van der Waals surface area (Å²) in [5.74, 6) is 0. The molecule has 0 bridgehead atoms. The lowest BCUT2D eigenvalue weighted by Gasteiger charge is -2.52. The molecule has 6 nitrogen and oxygen atoms in total. The summed E-state index contributed by atoms with van der Waals surface area (Å²) in [4.78, 5) is 15.9. The summed E-state index contributed by atoms with van der Waals surface area (Å²) in [6.45, 7) is 0. The van der Waals surface area contributed by atoms with Crippen LogP contribution in [0.3, 0.4) is 0 Å². The monoisotopic (exact) mass is 1180 g/mol. The van der Waals surface area contributed by atoms with Gasteiger partial charge < -0.3 is 29.4 Å². The van der Waals surface area contributed by atoms with Crippen molar-refractivity contribution in [3.63, 3.8) is 0 Å². The van der Waals surface area contributed by atoms with Crippen LogP contribution in [0.2, 0.25) is 0 Å². The van der Waals surface area contributed by atoms with Crippen LogP contribution in [0.5, 0.6) is 0 Å². The number of hydrogen-bond donors (Lipinski definition) is 0. The van der Waals surface area contributed by atoms with Crippen molar-refractivity contribution < 1.29 is 0 Å². The van der Waals surface area contributed by atoms with E-state index in [4.69, 9.17) is 0 Å². The van der Waals surface area contributed by atoms with Gasteiger partial charge in [0.2, 0.25) is 0 Å². The number of anilines is 18. The molecule has 0 spiro atoms. The fraction of sp³-hybridized carbons (Fsp3) is 0. The molecule has 420 valence electrons. The molecule has 0 radical (unpaired) electrons. The van der Waals surface area contributed by atoms with Gasteiger partial charge in [-0.1, -0.05) is 182 Å². The number of benzene rings is 14. The minimum absolute atomic E-state index is 1.13. The zero-order valence-electron chi connectivity index (χ0n) is 48.9. The second kappa shape index (κ2) is 19.0. The van der Waals surface area contributed by atoms with E-state index in [0.717, 1.165) is 34.1 Å². The van der Waals surface area contributed by atoms with E-state index in [0.29, 0.717) is 0 Å². The standard InChI is InChI=1S/C82H54N6Si2/c1-9-27-53(28-10-1)55-47-69-79-71(49-55)85(59-35-17-5-18-36-59)73-51-63-64(75-81(73)89(79)77-65(83(69)57-31-13-3-14-32-57)43-25-45-67(77)87(75)61-39-21-7-22-40-61)52-74-82-76(63)88(62-41-23-8-24-42-62)68-46-26-44-66-78(68)90(82)80-70(84(66)58-33-15-4-16-34-58)48-56(54-29-11-2-12-30-54)50-72(80)86(74)60-37-19-6-20-38-60/h1-52,89-90H. The normalized spacial score (nSPS) is 15.4. The summed E-state index contributed by atoms with van der Waals surface area (Å²) in [5.41, 5.74) is 26.6. The van der Waals surface area contributed by atoms with Crippen LogP contribution in [0.15, 0.2) is 315 Å². The smallest absolute Gasteiger partial charge is 0.149 e. The SMILES string of the molecule is c1ccc(-c2cc3c4c(c2)N(c2ccccc2)c2cc5c6c7c(cc5c5c2[SiH]4c2c(cccc2N5c2ccccc2)N3c2ccccc2)N(c2ccccc2)c2cc(-c3ccccc3)cc3c2[SiH]7c2c(cccc2N6c2ccccc2)N3c2ccccc2)cc1. The molecular formula is C82H54N6Si2. The minimum Gasteiger partial charge on any atom is -0.311 e. The van der Waals surface area contributed by atoms with Crippen LogP contribution in [-0.4, -0.2) is 17.6 Å². The number of nitrogens with zero attached hydrogens (tertiary/aromatic N) is 6. The maximum atomic E-state index is 2.68. The molecule has 0 saturated heterocycles. The molecule has 14 aromatic carbocycles. The van der Waals surface area contributed by atoms with Crippen molar-refractivity contribution in [3.8, 4) is 22.3 Å². The lowest BCUT2D eigenvalue weighted by molar-refractivity contribution is 1.22. The lowest BCUT2D eigenvalue weighted by Crippen LogP contribution is -2.65. The molecule has 2 unspecified atom stereocenters.